The van der Waals surface area contributed by atoms with Crippen LogP contribution in [0.2, 0.25) is 0 Å². The van der Waals surface area contributed by atoms with Crippen molar-refractivity contribution in [3.05, 3.63) is 0 Å². The highest BCUT2D eigenvalue weighted by Crippen LogP contribution is 1.97. The molecule has 0 aromatic rings. The van der Waals surface area contributed by atoms with E-state index in [1.165, 1.54) is 0 Å². The van der Waals surface area contributed by atoms with Crippen LogP contribution in [-0.2, 0) is 4.74 Å². The van der Waals surface area contributed by atoms with Crippen LogP contribution in [0.15, 0.2) is 0 Å². The summed E-state index contributed by atoms with van der Waals surface area (Å²) in [4.78, 5) is 0. The van der Waals surface area contributed by atoms with Gasteiger partial charge in [-0.1, -0.05) is 0 Å². The van der Waals surface area contributed by atoms with E-state index >= 15 is 0 Å². The zero-order valence-corrected chi connectivity index (χ0v) is 3.28. The molecule has 36 valence electrons. The highest BCUT2D eigenvalue weighted by molar-refractivity contribution is 4.67. The number of halogens is 1. The second-order valence-electron chi connectivity index (χ2n) is 1.34. The Bertz CT molecular complexity index is 43.3. The number of rotatable bonds is 1. The molecule has 0 saturated carbocycles. The molecule has 0 atom stereocenters. The number of nitrogens with one attached hydrogen (secondary N) is 1. The summed E-state index contributed by atoms with van der Waals surface area (Å²) in [5, 5.41) is 0. The molecule has 0 aromatic heterocycles. The van der Waals surface area contributed by atoms with Gasteiger partial charge in [-0.2, -0.15) is 5.54 Å². The van der Waals surface area contributed by atoms with Crippen molar-refractivity contribution in [2.24, 2.45) is 0 Å². The zero-order valence-electron chi connectivity index (χ0n) is 3.28. The molecule has 1 fully saturated rings. The predicted octanol–water partition coefficient (Wildman–Crippen LogP) is -0.141. The molecule has 1 saturated heterocycles. The van der Waals surface area contributed by atoms with Crippen molar-refractivity contribution in [2.75, 3.05) is 13.2 Å². The monoisotopic (exact) mass is 91.0 g/mol. The van der Waals surface area contributed by atoms with Crippen molar-refractivity contribution in [1.29, 1.82) is 0 Å². The van der Waals surface area contributed by atoms with Crippen molar-refractivity contribution in [3.63, 3.8) is 0 Å². The fourth-order valence-electron chi connectivity index (χ4n) is 0.299. The van der Waals surface area contributed by atoms with Gasteiger partial charge in [-0.3, -0.25) is 0 Å². The molecule has 0 spiro atoms. The normalized spacial score (nSPS) is 23.5. The van der Waals surface area contributed by atoms with E-state index in [0.29, 0.717) is 13.2 Å². The number of hydrogen-bond acceptors (Lipinski definition) is 2. The molecule has 1 aliphatic rings. The van der Waals surface area contributed by atoms with Crippen LogP contribution in [0.4, 0.5) is 4.48 Å². The van der Waals surface area contributed by atoms with Crippen molar-refractivity contribution >= 4 is 0 Å². The van der Waals surface area contributed by atoms with E-state index in [9.17, 15) is 4.48 Å². The average Bonchev–Trinajstić information content (AvgIpc) is 1.31. The number of ether oxygens (including phenoxy) is 1. The fraction of sp³-hybridized carbons (Fsp3) is 1.00. The van der Waals surface area contributed by atoms with Gasteiger partial charge >= 0.3 is 0 Å². The molecule has 0 unspecified atom stereocenters. The quantitative estimate of drug-likeness (QED) is 0.453. The lowest BCUT2D eigenvalue weighted by molar-refractivity contribution is -0.0312. The van der Waals surface area contributed by atoms with Crippen LogP contribution in [0.25, 0.3) is 0 Å². The summed E-state index contributed by atoms with van der Waals surface area (Å²) in [5.41, 5.74) is 1.58. The maximum Gasteiger partial charge on any atom is 0.0838 e. The Morgan fingerprint density at radius 2 is 2.33 bits per heavy atom. The van der Waals surface area contributed by atoms with Gasteiger partial charge < -0.3 is 4.74 Å². The molecule has 0 bridgehead atoms. The second-order valence-corrected chi connectivity index (χ2v) is 1.34. The second kappa shape index (κ2) is 1.53. The smallest absolute Gasteiger partial charge is 0.0838 e. The van der Waals surface area contributed by atoms with E-state index in [1.807, 2.05) is 0 Å². The van der Waals surface area contributed by atoms with E-state index in [1.54, 1.807) is 5.54 Å². The molecule has 1 N–H and O–H groups in total. The Labute approximate surface area is 35.2 Å². The van der Waals surface area contributed by atoms with E-state index in [-0.39, 0.29) is 6.04 Å². The van der Waals surface area contributed by atoms with Crippen LogP contribution < -0.4 is 5.54 Å². The minimum Gasteiger partial charge on any atom is -0.378 e. The lowest BCUT2D eigenvalue weighted by atomic mass is 10.3. The first-order valence-electron chi connectivity index (χ1n) is 1.87. The van der Waals surface area contributed by atoms with Crippen molar-refractivity contribution in [1.82, 2.24) is 5.54 Å². The Balaban J connectivity index is 2.01. The van der Waals surface area contributed by atoms with E-state index in [2.05, 4.69) is 4.74 Å². The summed E-state index contributed by atoms with van der Waals surface area (Å²) < 4.78 is 15.7. The Morgan fingerprint density at radius 1 is 1.67 bits per heavy atom. The van der Waals surface area contributed by atoms with E-state index < -0.39 is 0 Å². The Hall–Kier alpha value is -0.150. The van der Waals surface area contributed by atoms with E-state index in [0.717, 1.165) is 0 Å². The van der Waals surface area contributed by atoms with Gasteiger partial charge in [0.05, 0.1) is 19.3 Å². The first-order chi connectivity index (χ1) is 2.93. The van der Waals surface area contributed by atoms with Crippen LogP contribution in [0, 0.1) is 0 Å². The molecule has 6 heavy (non-hydrogen) atoms. The third-order valence-electron chi connectivity index (χ3n) is 0.792. The van der Waals surface area contributed by atoms with Gasteiger partial charge in [0.2, 0.25) is 0 Å². The highest BCUT2D eigenvalue weighted by Gasteiger charge is 2.16. The highest BCUT2D eigenvalue weighted by atomic mass is 19.2. The lowest BCUT2D eigenvalue weighted by Gasteiger charge is -2.22. The third kappa shape index (κ3) is 0.507. The van der Waals surface area contributed by atoms with Crippen LogP contribution in [-0.4, -0.2) is 19.3 Å². The van der Waals surface area contributed by atoms with E-state index in [4.69, 9.17) is 0 Å². The lowest BCUT2D eigenvalue weighted by Crippen LogP contribution is -2.41. The fourth-order valence-corrected chi connectivity index (χ4v) is 0.299. The molecule has 3 heteroatoms. The first-order valence-corrected chi connectivity index (χ1v) is 1.87. The van der Waals surface area contributed by atoms with Crippen LogP contribution in [0.3, 0.4) is 0 Å². The summed E-state index contributed by atoms with van der Waals surface area (Å²) >= 11 is 0. The van der Waals surface area contributed by atoms with Gasteiger partial charge in [-0.05, 0) is 0 Å². The van der Waals surface area contributed by atoms with Gasteiger partial charge in [0.1, 0.15) is 0 Å². The molecule has 1 aliphatic heterocycles. The van der Waals surface area contributed by atoms with Crippen LogP contribution >= 0.6 is 0 Å². The number of hydrogen-bond donors (Lipinski definition) is 1. The zero-order chi connectivity index (χ0) is 4.41. The maximum absolute atomic E-state index is 11.1. The van der Waals surface area contributed by atoms with Crippen molar-refractivity contribution < 1.29 is 9.22 Å². The van der Waals surface area contributed by atoms with Crippen LogP contribution in [0.1, 0.15) is 0 Å². The maximum atomic E-state index is 11.1. The van der Waals surface area contributed by atoms with Crippen LogP contribution in [0.5, 0.6) is 0 Å². The molecule has 0 aliphatic carbocycles. The molecule has 1 rings (SSSR count). The van der Waals surface area contributed by atoms with Gasteiger partial charge in [0, 0.05) is 0 Å². The summed E-state index contributed by atoms with van der Waals surface area (Å²) in [7, 11) is 0. The van der Waals surface area contributed by atoms with Gasteiger partial charge in [-0.15, -0.1) is 4.48 Å². The van der Waals surface area contributed by atoms with Gasteiger partial charge in [0.25, 0.3) is 0 Å². The topological polar surface area (TPSA) is 21.3 Å². The SMILES string of the molecule is FNC1COC1. The third-order valence-corrected chi connectivity index (χ3v) is 0.792. The molecule has 2 nitrogen and oxygen atoms in total. The van der Waals surface area contributed by atoms with Gasteiger partial charge in [0.15, 0.2) is 0 Å². The minimum atomic E-state index is -0.0231. The molecule has 0 radical (unpaired) electrons. The summed E-state index contributed by atoms with van der Waals surface area (Å²) in [6, 6.07) is -0.0231. The molecule has 0 aromatic carbocycles. The van der Waals surface area contributed by atoms with Crippen molar-refractivity contribution in [3.8, 4) is 0 Å². The standard InChI is InChI=1S/C3H6FNO/c4-5-3-1-6-2-3/h3,5H,1-2H2. The Kier molecular flexibility index (Phi) is 1.03. The summed E-state index contributed by atoms with van der Waals surface area (Å²) in [6.07, 6.45) is 0. The molecular weight excluding hydrogens is 85.0 g/mol. The summed E-state index contributed by atoms with van der Waals surface area (Å²) in [5.74, 6) is 0. The van der Waals surface area contributed by atoms with Gasteiger partial charge in [-0.25, -0.2) is 0 Å². The first kappa shape index (κ1) is 4.02. The molecular formula is C3H6FNO. The minimum absolute atomic E-state index is 0.0231. The Morgan fingerprint density at radius 3 is 2.33 bits per heavy atom. The largest absolute Gasteiger partial charge is 0.378 e. The van der Waals surface area contributed by atoms with Crippen molar-refractivity contribution in [2.45, 2.75) is 6.04 Å². The summed E-state index contributed by atoms with van der Waals surface area (Å²) in [6.45, 7) is 1.05. The molecule has 0 amide bonds. The predicted molar refractivity (Wildman–Crippen MR) is 18.9 cm³/mol. The average molecular weight is 91.1 g/mol. The molecule has 1 heterocycles.